The van der Waals surface area contributed by atoms with E-state index in [4.69, 9.17) is 4.42 Å². The Morgan fingerprint density at radius 3 is 2.70 bits per heavy atom. The highest BCUT2D eigenvalue weighted by atomic mass is 16.3. The summed E-state index contributed by atoms with van der Waals surface area (Å²) in [5.41, 5.74) is 1.94. The van der Waals surface area contributed by atoms with Crippen LogP contribution in [0.4, 0.5) is 5.69 Å². The first-order valence-corrected chi connectivity index (χ1v) is 6.23. The third-order valence-electron chi connectivity index (χ3n) is 3.05. The van der Waals surface area contributed by atoms with E-state index in [9.17, 15) is 9.90 Å². The Morgan fingerprint density at radius 2 is 1.95 bits per heavy atom. The lowest BCUT2D eigenvalue weighted by molar-refractivity contribution is 0.0998. The summed E-state index contributed by atoms with van der Waals surface area (Å²) in [6.45, 7) is 1.87. The zero-order valence-electron chi connectivity index (χ0n) is 10.9. The van der Waals surface area contributed by atoms with Gasteiger partial charge in [-0.15, -0.1) is 0 Å². The first kappa shape index (κ1) is 12.3. The van der Waals surface area contributed by atoms with Crippen LogP contribution < -0.4 is 5.32 Å². The number of para-hydroxylation sites is 1. The van der Waals surface area contributed by atoms with Crippen molar-refractivity contribution in [2.24, 2.45) is 0 Å². The zero-order valence-corrected chi connectivity index (χ0v) is 10.9. The summed E-state index contributed by atoms with van der Waals surface area (Å²) in [4.78, 5) is 12.1. The van der Waals surface area contributed by atoms with Crippen molar-refractivity contribution >= 4 is 22.6 Å². The first-order chi connectivity index (χ1) is 9.63. The van der Waals surface area contributed by atoms with Crippen molar-refractivity contribution in [1.82, 2.24) is 0 Å². The van der Waals surface area contributed by atoms with Gasteiger partial charge < -0.3 is 14.8 Å². The van der Waals surface area contributed by atoms with Gasteiger partial charge in [0.25, 0.3) is 5.91 Å². The second kappa shape index (κ2) is 4.74. The molecule has 1 amide bonds. The molecule has 0 aliphatic rings. The molecule has 3 aromatic rings. The zero-order chi connectivity index (χ0) is 14.1. The molecule has 1 aromatic heterocycles. The SMILES string of the molecule is Cc1ccc(NC(=O)c2cc3ccccc3o2)c(O)c1. The van der Waals surface area contributed by atoms with Crippen LogP contribution in [-0.4, -0.2) is 11.0 Å². The maximum absolute atomic E-state index is 12.1. The lowest BCUT2D eigenvalue weighted by atomic mass is 10.2. The van der Waals surface area contributed by atoms with E-state index in [1.165, 1.54) is 0 Å². The summed E-state index contributed by atoms with van der Waals surface area (Å²) >= 11 is 0. The number of carbonyl (C=O) groups excluding carboxylic acids is 1. The molecule has 4 heteroatoms. The predicted molar refractivity (Wildman–Crippen MR) is 77.0 cm³/mol. The largest absolute Gasteiger partial charge is 0.506 e. The second-order valence-electron chi connectivity index (χ2n) is 4.62. The van der Waals surface area contributed by atoms with Crippen molar-refractivity contribution < 1.29 is 14.3 Å². The number of nitrogens with one attached hydrogen (secondary N) is 1. The summed E-state index contributed by atoms with van der Waals surface area (Å²) in [7, 11) is 0. The van der Waals surface area contributed by atoms with Crippen molar-refractivity contribution in [3.8, 4) is 5.75 Å². The van der Waals surface area contributed by atoms with E-state index < -0.39 is 0 Å². The minimum absolute atomic E-state index is 0.0365. The number of rotatable bonds is 2. The molecule has 0 saturated heterocycles. The number of aryl methyl sites for hydroxylation is 1. The number of aromatic hydroxyl groups is 1. The molecule has 0 fully saturated rings. The summed E-state index contributed by atoms with van der Waals surface area (Å²) in [6.07, 6.45) is 0. The summed E-state index contributed by atoms with van der Waals surface area (Å²) in [5.74, 6) is -0.138. The number of carbonyl (C=O) groups is 1. The third-order valence-corrected chi connectivity index (χ3v) is 3.05. The van der Waals surface area contributed by atoms with E-state index in [0.29, 0.717) is 11.3 Å². The number of fused-ring (bicyclic) bond motifs is 1. The van der Waals surface area contributed by atoms with E-state index in [1.807, 2.05) is 31.2 Å². The molecule has 2 aromatic carbocycles. The molecule has 2 N–H and O–H groups in total. The minimum Gasteiger partial charge on any atom is -0.506 e. The van der Waals surface area contributed by atoms with Gasteiger partial charge in [0.2, 0.25) is 0 Å². The lowest BCUT2D eigenvalue weighted by Crippen LogP contribution is -2.10. The monoisotopic (exact) mass is 267 g/mol. The summed E-state index contributed by atoms with van der Waals surface area (Å²) in [6, 6.07) is 14.1. The van der Waals surface area contributed by atoms with Crippen molar-refractivity contribution in [3.63, 3.8) is 0 Å². The number of phenolic OH excluding ortho intramolecular Hbond substituents is 1. The van der Waals surface area contributed by atoms with Gasteiger partial charge >= 0.3 is 0 Å². The van der Waals surface area contributed by atoms with Gasteiger partial charge in [0.15, 0.2) is 5.76 Å². The fourth-order valence-corrected chi connectivity index (χ4v) is 2.03. The van der Waals surface area contributed by atoms with Gasteiger partial charge in [-0.1, -0.05) is 24.3 Å². The van der Waals surface area contributed by atoms with Crippen LogP contribution in [0.3, 0.4) is 0 Å². The molecule has 0 unspecified atom stereocenters. The number of benzene rings is 2. The number of hydrogen-bond donors (Lipinski definition) is 2. The minimum atomic E-state index is -0.389. The van der Waals surface area contributed by atoms with Crippen LogP contribution in [0.1, 0.15) is 16.1 Å². The molecular formula is C16H13NO3. The van der Waals surface area contributed by atoms with Crippen molar-refractivity contribution in [2.75, 3.05) is 5.32 Å². The molecular weight excluding hydrogens is 254 g/mol. The molecule has 4 nitrogen and oxygen atoms in total. The molecule has 100 valence electrons. The second-order valence-corrected chi connectivity index (χ2v) is 4.62. The number of phenols is 1. The molecule has 0 saturated carbocycles. The van der Waals surface area contributed by atoms with E-state index >= 15 is 0 Å². The van der Waals surface area contributed by atoms with E-state index in [2.05, 4.69) is 5.32 Å². The van der Waals surface area contributed by atoms with Crippen LogP contribution >= 0.6 is 0 Å². The molecule has 0 spiro atoms. The quantitative estimate of drug-likeness (QED) is 0.696. The number of furan rings is 1. The van der Waals surface area contributed by atoms with Crippen LogP contribution in [0.25, 0.3) is 11.0 Å². The molecule has 0 bridgehead atoms. The van der Waals surface area contributed by atoms with Crippen LogP contribution in [0, 0.1) is 6.92 Å². The maximum atomic E-state index is 12.1. The molecule has 0 radical (unpaired) electrons. The topological polar surface area (TPSA) is 62.5 Å². The Morgan fingerprint density at radius 1 is 1.15 bits per heavy atom. The first-order valence-electron chi connectivity index (χ1n) is 6.23. The van der Waals surface area contributed by atoms with Crippen LogP contribution in [0.2, 0.25) is 0 Å². The fourth-order valence-electron chi connectivity index (χ4n) is 2.03. The average molecular weight is 267 g/mol. The van der Waals surface area contributed by atoms with Gasteiger partial charge in [0.1, 0.15) is 11.3 Å². The Labute approximate surface area is 115 Å². The Hall–Kier alpha value is -2.75. The Balaban J connectivity index is 1.89. The lowest BCUT2D eigenvalue weighted by Gasteiger charge is -2.06. The molecule has 1 heterocycles. The van der Waals surface area contributed by atoms with Crippen LogP contribution in [0.5, 0.6) is 5.75 Å². The normalized spacial score (nSPS) is 10.7. The van der Waals surface area contributed by atoms with Crippen molar-refractivity contribution in [2.45, 2.75) is 6.92 Å². The molecule has 0 atom stereocenters. The molecule has 3 rings (SSSR count). The Bertz CT molecular complexity index is 756. The Kier molecular flexibility index (Phi) is 2.91. The van der Waals surface area contributed by atoms with E-state index in [1.54, 1.807) is 24.3 Å². The summed E-state index contributed by atoms with van der Waals surface area (Å²) < 4.78 is 5.47. The smallest absolute Gasteiger partial charge is 0.291 e. The third kappa shape index (κ3) is 2.23. The predicted octanol–water partition coefficient (Wildman–Crippen LogP) is 3.70. The van der Waals surface area contributed by atoms with E-state index in [0.717, 1.165) is 10.9 Å². The summed E-state index contributed by atoms with van der Waals surface area (Å²) in [5, 5.41) is 13.3. The van der Waals surface area contributed by atoms with Gasteiger partial charge in [0.05, 0.1) is 5.69 Å². The van der Waals surface area contributed by atoms with Gasteiger partial charge in [-0.3, -0.25) is 4.79 Å². The maximum Gasteiger partial charge on any atom is 0.291 e. The van der Waals surface area contributed by atoms with Gasteiger partial charge in [-0.2, -0.15) is 0 Å². The highest BCUT2D eigenvalue weighted by Crippen LogP contribution is 2.25. The molecule has 20 heavy (non-hydrogen) atoms. The number of hydrogen-bond acceptors (Lipinski definition) is 3. The molecule has 0 aliphatic carbocycles. The van der Waals surface area contributed by atoms with Gasteiger partial charge in [-0.05, 0) is 36.8 Å². The van der Waals surface area contributed by atoms with Gasteiger partial charge in [-0.25, -0.2) is 0 Å². The van der Waals surface area contributed by atoms with Crippen molar-refractivity contribution in [1.29, 1.82) is 0 Å². The van der Waals surface area contributed by atoms with Crippen LogP contribution in [0.15, 0.2) is 52.9 Å². The number of anilines is 1. The average Bonchev–Trinajstić information content (AvgIpc) is 2.86. The fraction of sp³-hybridized carbons (Fsp3) is 0.0625. The molecule has 0 aliphatic heterocycles. The van der Waals surface area contributed by atoms with E-state index in [-0.39, 0.29) is 17.4 Å². The highest BCUT2D eigenvalue weighted by molar-refractivity contribution is 6.05. The highest BCUT2D eigenvalue weighted by Gasteiger charge is 2.13. The number of amides is 1. The van der Waals surface area contributed by atoms with Crippen LogP contribution in [-0.2, 0) is 0 Å². The van der Waals surface area contributed by atoms with Crippen molar-refractivity contribution in [3.05, 3.63) is 59.9 Å². The standard InChI is InChI=1S/C16H13NO3/c1-10-6-7-12(13(18)8-10)17-16(19)15-9-11-4-2-3-5-14(11)20-15/h2-9,18H,1H3,(H,17,19). The van der Waals surface area contributed by atoms with Gasteiger partial charge in [0, 0.05) is 5.39 Å².